The Bertz CT molecular complexity index is 1470. The molecule has 1 heterocycles. The number of nitrogens with one attached hydrogen (secondary N) is 2. The standard InChI is InChI=1S/C24H15ClF4N4O2/c1-12-11-30-20-7-2-13(8-21(20)31-12)22(34)16-9-14(4-6-19(16)26)32-23(35)33-15-3-5-17(18(25)10-15)24(27,28)29/h2-11H,1H3,(H2,32,33,35). The van der Waals surface area contributed by atoms with Gasteiger partial charge in [0.05, 0.1) is 32.9 Å². The molecule has 0 saturated carbocycles. The monoisotopic (exact) mass is 502 g/mol. The number of nitrogens with zero attached hydrogens (tertiary/aromatic N) is 2. The van der Waals surface area contributed by atoms with Gasteiger partial charge in [-0.15, -0.1) is 0 Å². The van der Waals surface area contributed by atoms with E-state index in [2.05, 4.69) is 20.6 Å². The number of alkyl halides is 3. The maximum Gasteiger partial charge on any atom is 0.417 e. The van der Waals surface area contributed by atoms with Crippen molar-refractivity contribution in [3.63, 3.8) is 0 Å². The van der Waals surface area contributed by atoms with Gasteiger partial charge in [-0.3, -0.25) is 9.78 Å². The minimum atomic E-state index is -4.63. The van der Waals surface area contributed by atoms with Crippen LogP contribution in [0.5, 0.6) is 0 Å². The second-order valence-corrected chi connectivity index (χ2v) is 7.92. The Morgan fingerprint density at radius 2 is 1.60 bits per heavy atom. The first-order valence-electron chi connectivity index (χ1n) is 10.0. The predicted molar refractivity (Wildman–Crippen MR) is 123 cm³/mol. The normalized spacial score (nSPS) is 11.4. The Kier molecular flexibility index (Phi) is 6.40. The number of halogens is 5. The lowest BCUT2D eigenvalue weighted by molar-refractivity contribution is -0.137. The molecule has 0 bridgehead atoms. The van der Waals surface area contributed by atoms with E-state index >= 15 is 0 Å². The number of carbonyl (C=O) groups is 2. The molecule has 2 amide bonds. The second kappa shape index (κ2) is 9.30. The minimum absolute atomic E-state index is 0.00600. The van der Waals surface area contributed by atoms with Crippen molar-refractivity contribution in [3.8, 4) is 0 Å². The van der Waals surface area contributed by atoms with E-state index in [0.717, 1.165) is 30.3 Å². The van der Waals surface area contributed by atoms with Crippen LogP contribution in [0.2, 0.25) is 5.02 Å². The van der Waals surface area contributed by atoms with E-state index in [4.69, 9.17) is 11.6 Å². The highest BCUT2D eigenvalue weighted by atomic mass is 35.5. The average molecular weight is 503 g/mol. The fourth-order valence-electron chi connectivity index (χ4n) is 3.29. The third kappa shape index (κ3) is 5.38. The highest BCUT2D eigenvalue weighted by Crippen LogP contribution is 2.35. The average Bonchev–Trinajstić information content (AvgIpc) is 2.78. The van der Waals surface area contributed by atoms with Crippen molar-refractivity contribution >= 4 is 45.8 Å². The van der Waals surface area contributed by atoms with E-state index in [1.807, 2.05) is 0 Å². The Labute approximate surface area is 201 Å². The van der Waals surface area contributed by atoms with Crippen LogP contribution in [0.4, 0.5) is 33.7 Å². The zero-order chi connectivity index (χ0) is 25.3. The molecular weight excluding hydrogens is 488 g/mol. The van der Waals surface area contributed by atoms with Gasteiger partial charge in [0.2, 0.25) is 0 Å². The third-order valence-corrected chi connectivity index (χ3v) is 5.24. The van der Waals surface area contributed by atoms with Crippen LogP contribution in [0.1, 0.15) is 27.2 Å². The number of fused-ring (bicyclic) bond motifs is 1. The Balaban J connectivity index is 1.53. The summed E-state index contributed by atoms with van der Waals surface area (Å²) >= 11 is 5.65. The molecule has 35 heavy (non-hydrogen) atoms. The van der Waals surface area contributed by atoms with E-state index in [-0.39, 0.29) is 22.5 Å². The number of hydrogen-bond acceptors (Lipinski definition) is 4. The van der Waals surface area contributed by atoms with E-state index in [9.17, 15) is 27.2 Å². The molecule has 11 heteroatoms. The first-order chi connectivity index (χ1) is 16.5. The van der Waals surface area contributed by atoms with Crippen LogP contribution in [-0.2, 0) is 6.18 Å². The Hall–Kier alpha value is -4.05. The fourth-order valence-corrected chi connectivity index (χ4v) is 3.58. The zero-order valence-electron chi connectivity index (χ0n) is 17.9. The molecule has 1 aromatic heterocycles. The summed E-state index contributed by atoms with van der Waals surface area (Å²) in [6.45, 7) is 1.75. The number of urea groups is 1. The van der Waals surface area contributed by atoms with Crippen molar-refractivity contribution in [2.24, 2.45) is 0 Å². The van der Waals surface area contributed by atoms with Gasteiger partial charge in [0, 0.05) is 23.1 Å². The van der Waals surface area contributed by atoms with E-state index in [1.54, 1.807) is 19.2 Å². The van der Waals surface area contributed by atoms with Gasteiger partial charge >= 0.3 is 12.2 Å². The van der Waals surface area contributed by atoms with E-state index in [1.165, 1.54) is 18.2 Å². The maximum absolute atomic E-state index is 14.5. The number of aryl methyl sites for hydroxylation is 1. The lowest BCUT2D eigenvalue weighted by Crippen LogP contribution is -2.20. The minimum Gasteiger partial charge on any atom is -0.308 e. The van der Waals surface area contributed by atoms with Crippen molar-refractivity contribution in [1.82, 2.24) is 9.97 Å². The first kappa shape index (κ1) is 24.1. The molecule has 4 rings (SSSR count). The highest BCUT2D eigenvalue weighted by molar-refractivity contribution is 6.31. The second-order valence-electron chi connectivity index (χ2n) is 7.51. The van der Waals surface area contributed by atoms with Gasteiger partial charge in [0.15, 0.2) is 5.78 Å². The molecule has 0 saturated heterocycles. The number of carbonyl (C=O) groups excluding carboxylic acids is 2. The molecule has 0 spiro atoms. The summed E-state index contributed by atoms with van der Waals surface area (Å²) in [4.78, 5) is 33.8. The number of rotatable bonds is 4. The van der Waals surface area contributed by atoms with Crippen LogP contribution in [0.15, 0.2) is 60.8 Å². The molecule has 2 N–H and O–H groups in total. The molecule has 0 fully saturated rings. The Morgan fingerprint density at radius 3 is 2.29 bits per heavy atom. The highest BCUT2D eigenvalue weighted by Gasteiger charge is 2.33. The van der Waals surface area contributed by atoms with Crippen LogP contribution >= 0.6 is 11.6 Å². The fraction of sp³-hybridized carbons (Fsp3) is 0.0833. The van der Waals surface area contributed by atoms with Gasteiger partial charge in [-0.2, -0.15) is 13.2 Å². The summed E-state index contributed by atoms with van der Waals surface area (Å²) in [6, 6.07) is 9.90. The van der Waals surface area contributed by atoms with Gasteiger partial charge in [-0.05, 0) is 61.5 Å². The number of ketones is 1. The molecule has 178 valence electrons. The number of amides is 2. The molecule has 6 nitrogen and oxygen atoms in total. The van der Waals surface area contributed by atoms with Crippen molar-refractivity contribution in [2.45, 2.75) is 13.1 Å². The number of anilines is 2. The van der Waals surface area contributed by atoms with Crippen molar-refractivity contribution in [3.05, 3.63) is 94.0 Å². The van der Waals surface area contributed by atoms with E-state index in [0.29, 0.717) is 16.7 Å². The van der Waals surface area contributed by atoms with Crippen LogP contribution in [0.25, 0.3) is 11.0 Å². The maximum atomic E-state index is 14.5. The molecule has 0 atom stereocenters. The molecule has 0 aliphatic heterocycles. The van der Waals surface area contributed by atoms with Crippen LogP contribution in [-0.4, -0.2) is 21.8 Å². The summed E-state index contributed by atoms with van der Waals surface area (Å²) in [5.41, 5.74) is 0.635. The van der Waals surface area contributed by atoms with Crippen molar-refractivity contribution in [1.29, 1.82) is 0 Å². The molecular formula is C24H15ClF4N4O2. The number of aromatic nitrogens is 2. The zero-order valence-corrected chi connectivity index (χ0v) is 18.6. The van der Waals surface area contributed by atoms with Gasteiger partial charge in [0.25, 0.3) is 0 Å². The predicted octanol–water partition coefficient (Wildman–Crippen LogP) is 6.62. The molecule has 0 aliphatic carbocycles. The van der Waals surface area contributed by atoms with Crippen LogP contribution in [0.3, 0.4) is 0 Å². The lowest BCUT2D eigenvalue weighted by Gasteiger charge is -2.12. The van der Waals surface area contributed by atoms with Crippen LogP contribution < -0.4 is 10.6 Å². The largest absolute Gasteiger partial charge is 0.417 e. The first-order valence-corrected chi connectivity index (χ1v) is 10.4. The topological polar surface area (TPSA) is 84.0 Å². The number of hydrogen-bond donors (Lipinski definition) is 2. The SMILES string of the molecule is Cc1cnc2ccc(C(=O)c3cc(NC(=O)Nc4ccc(C(F)(F)F)c(Cl)c4)ccc3F)cc2n1. The summed E-state index contributed by atoms with van der Waals surface area (Å²) in [7, 11) is 0. The molecule has 3 aromatic carbocycles. The molecule has 0 unspecified atom stereocenters. The quantitative estimate of drug-likeness (QED) is 0.242. The summed E-state index contributed by atoms with van der Waals surface area (Å²) in [6.07, 6.45) is -3.05. The molecule has 0 aliphatic rings. The lowest BCUT2D eigenvalue weighted by atomic mass is 10.0. The molecule has 4 aromatic rings. The van der Waals surface area contributed by atoms with Gasteiger partial charge in [-0.25, -0.2) is 14.2 Å². The van der Waals surface area contributed by atoms with E-state index < -0.39 is 34.4 Å². The summed E-state index contributed by atoms with van der Waals surface area (Å²) < 4.78 is 53.0. The van der Waals surface area contributed by atoms with Crippen molar-refractivity contribution in [2.75, 3.05) is 10.6 Å². The molecule has 0 radical (unpaired) electrons. The van der Waals surface area contributed by atoms with Crippen LogP contribution in [0, 0.1) is 12.7 Å². The summed E-state index contributed by atoms with van der Waals surface area (Å²) in [5, 5.41) is 4.16. The van der Waals surface area contributed by atoms with Gasteiger partial charge in [-0.1, -0.05) is 11.6 Å². The third-order valence-electron chi connectivity index (χ3n) is 4.93. The number of benzene rings is 3. The van der Waals surface area contributed by atoms with Gasteiger partial charge in [0.1, 0.15) is 5.82 Å². The smallest absolute Gasteiger partial charge is 0.308 e. The van der Waals surface area contributed by atoms with Gasteiger partial charge < -0.3 is 10.6 Å². The Morgan fingerprint density at radius 1 is 0.914 bits per heavy atom. The van der Waals surface area contributed by atoms with Crippen molar-refractivity contribution < 1.29 is 27.2 Å². The summed E-state index contributed by atoms with van der Waals surface area (Å²) in [5.74, 6) is -1.43.